The zero-order chi connectivity index (χ0) is 12.8. The van der Waals surface area contributed by atoms with Crippen molar-refractivity contribution in [3.63, 3.8) is 0 Å². The van der Waals surface area contributed by atoms with E-state index >= 15 is 0 Å². The van der Waals surface area contributed by atoms with Crippen LogP contribution in [0.15, 0.2) is 17.2 Å². The van der Waals surface area contributed by atoms with Crippen molar-refractivity contribution >= 4 is 17.5 Å². The van der Waals surface area contributed by atoms with Gasteiger partial charge in [0, 0.05) is 18.4 Å². The SMILES string of the molecule is CCCC(C)NC(=O)Cn1ccnc(Cl)c1=O. The first-order chi connectivity index (χ1) is 8.04. The molecule has 0 aliphatic rings. The van der Waals surface area contributed by atoms with Gasteiger partial charge < -0.3 is 9.88 Å². The first kappa shape index (κ1) is 13.7. The molecule has 1 rings (SSSR count). The smallest absolute Gasteiger partial charge is 0.288 e. The Hall–Kier alpha value is -1.36. The second-order valence-corrected chi connectivity index (χ2v) is 4.27. The summed E-state index contributed by atoms with van der Waals surface area (Å²) in [6.45, 7) is 3.95. The van der Waals surface area contributed by atoms with Gasteiger partial charge in [-0.25, -0.2) is 4.98 Å². The number of amides is 1. The summed E-state index contributed by atoms with van der Waals surface area (Å²) in [5, 5.41) is 2.69. The van der Waals surface area contributed by atoms with Crippen molar-refractivity contribution in [1.29, 1.82) is 0 Å². The molecule has 94 valence electrons. The summed E-state index contributed by atoms with van der Waals surface area (Å²) in [5.74, 6) is -0.199. The maximum Gasteiger partial charge on any atom is 0.288 e. The molecular weight excluding hydrogens is 242 g/mol. The number of nitrogens with one attached hydrogen (secondary N) is 1. The molecule has 5 nitrogen and oxygen atoms in total. The van der Waals surface area contributed by atoms with Crippen LogP contribution in [0.2, 0.25) is 5.15 Å². The van der Waals surface area contributed by atoms with E-state index in [2.05, 4.69) is 17.2 Å². The van der Waals surface area contributed by atoms with Gasteiger partial charge in [0.25, 0.3) is 5.56 Å². The minimum atomic E-state index is -0.451. The van der Waals surface area contributed by atoms with Crippen LogP contribution in [0, 0.1) is 0 Å². The minimum absolute atomic E-state index is 0.0326. The van der Waals surface area contributed by atoms with Gasteiger partial charge in [0.05, 0.1) is 0 Å². The normalized spacial score (nSPS) is 12.2. The number of hydrogen-bond acceptors (Lipinski definition) is 3. The third kappa shape index (κ3) is 4.19. The highest BCUT2D eigenvalue weighted by atomic mass is 35.5. The van der Waals surface area contributed by atoms with Gasteiger partial charge in [-0.05, 0) is 13.3 Å². The predicted molar refractivity (Wildman–Crippen MR) is 66.0 cm³/mol. The molecule has 0 saturated heterocycles. The van der Waals surface area contributed by atoms with Crippen LogP contribution in [-0.4, -0.2) is 21.5 Å². The molecule has 6 heteroatoms. The number of carbonyl (C=O) groups excluding carboxylic acids is 1. The van der Waals surface area contributed by atoms with Crippen molar-refractivity contribution in [2.45, 2.75) is 39.3 Å². The second-order valence-electron chi connectivity index (χ2n) is 3.91. The Balaban J connectivity index is 2.62. The van der Waals surface area contributed by atoms with Crippen LogP contribution in [-0.2, 0) is 11.3 Å². The van der Waals surface area contributed by atoms with E-state index in [1.54, 1.807) is 0 Å². The monoisotopic (exact) mass is 257 g/mol. The first-order valence-corrected chi connectivity index (χ1v) is 5.92. The summed E-state index contributed by atoms with van der Waals surface area (Å²) in [5.41, 5.74) is -0.451. The van der Waals surface area contributed by atoms with Crippen LogP contribution >= 0.6 is 11.6 Å². The van der Waals surface area contributed by atoms with Crippen molar-refractivity contribution in [2.75, 3.05) is 0 Å². The van der Waals surface area contributed by atoms with Crippen molar-refractivity contribution < 1.29 is 4.79 Å². The lowest BCUT2D eigenvalue weighted by Gasteiger charge is -2.13. The van der Waals surface area contributed by atoms with Gasteiger partial charge in [0.15, 0.2) is 5.15 Å². The lowest BCUT2D eigenvalue weighted by molar-refractivity contribution is -0.122. The summed E-state index contributed by atoms with van der Waals surface area (Å²) in [6, 6.07) is 0.112. The summed E-state index contributed by atoms with van der Waals surface area (Å²) in [7, 11) is 0. The summed E-state index contributed by atoms with van der Waals surface area (Å²) < 4.78 is 1.24. The molecule has 0 bridgehead atoms. The van der Waals surface area contributed by atoms with Gasteiger partial charge in [-0.1, -0.05) is 24.9 Å². The lowest BCUT2D eigenvalue weighted by atomic mass is 10.2. The molecule has 0 spiro atoms. The second kappa shape index (κ2) is 6.39. The van der Waals surface area contributed by atoms with Gasteiger partial charge in [0.2, 0.25) is 5.91 Å². The van der Waals surface area contributed by atoms with E-state index in [0.29, 0.717) is 0 Å². The largest absolute Gasteiger partial charge is 0.352 e. The summed E-state index contributed by atoms with van der Waals surface area (Å²) in [4.78, 5) is 26.8. The van der Waals surface area contributed by atoms with E-state index < -0.39 is 5.56 Å². The van der Waals surface area contributed by atoms with Crippen LogP contribution in [0.25, 0.3) is 0 Å². The molecule has 1 heterocycles. The quantitative estimate of drug-likeness (QED) is 0.862. The molecular formula is C11H16ClN3O2. The molecule has 1 atom stereocenters. The molecule has 17 heavy (non-hydrogen) atoms. The number of hydrogen-bond donors (Lipinski definition) is 1. The highest BCUT2D eigenvalue weighted by Crippen LogP contribution is 1.96. The fourth-order valence-corrected chi connectivity index (χ4v) is 1.69. The Morgan fingerprint density at radius 1 is 1.65 bits per heavy atom. The van der Waals surface area contributed by atoms with Crippen LogP contribution < -0.4 is 10.9 Å². The third-order valence-corrected chi connectivity index (χ3v) is 2.57. The highest BCUT2D eigenvalue weighted by molar-refractivity contribution is 6.29. The zero-order valence-electron chi connectivity index (χ0n) is 9.94. The maximum absolute atomic E-state index is 11.6. The summed E-state index contributed by atoms with van der Waals surface area (Å²) >= 11 is 5.58. The van der Waals surface area contributed by atoms with Gasteiger partial charge in [-0.15, -0.1) is 0 Å². The van der Waals surface area contributed by atoms with Gasteiger partial charge >= 0.3 is 0 Å². The molecule has 1 aromatic rings. The maximum atomic E-state index is 11.6. The molecule has 0 radical (unpaired) electrons. The molecule has 0 saturated carbocycles. The molecule has 0 aromatic carbocycles. The van der Waals surface area contributed by atoms with Crippen LogP contribution in [0.4, 0.5) is 0 Å². The Labute approximate surface area is 105 Å². The third-order valence-electron chi connectivity index (χ3n) is 2.31. The Morgan fingerprint density at radius 3 is 3.00 bits per heavy atom. The summed E-state index contributed by atoms with van der Waals surface area (Å²) in [6.07, 6.45) is 4.75. The van der Waals surface area contributed by atoms with Gasteiger partial charge in [0.1, 0.15) is 6.54 Å². The highest BCUT2D eigenvalue weighted by Gasteiger charge is 2.09. The molecule has 1 unspecified atom stereocenters. The van der Waals surface area contributed by atoms with Crippen molar-refractivity contribution in [2.24, 2.45) is 0 Å². The van der Waals surface area contributed by atoms with Crippen molar-refractivity contribution in [3.05, 3.63) is 27.9 Å². The molecule has 0 fully saturated rings. The van der Waals surface area contributed by atoms with E-state index in [-0.39, 0.29) is 23.6 Å². The molecule has 1 N–H and O–H groups in total. The van der Waals surface area contributed by atoms with Gasteiger partial charge in [-0.2, -0.15) is 0 Å². The Bertz CT molecular complexity index is 445. The number of carbonyl (C=O) groups is 1. The van der Waals surface area contributed by atoms with E-state index in [9.17, 15) is 9.59 Å². The molecule has 0 aliphatic heterocycles. The van der Waals surface area contributed by atoms with E-state index in [4.69, 9.17) is 11.6 Å². The minimum Gasteiger partial charge on any atom is -0.352 e. The van der Waals surface area contributed by atoms with E-state index in [0.717, 1.165) is 12.8 Å². The van der Waals surface area contributed by atoms with Crippen LogP contribution in [0.1, 0.15) is 26.7 Å². The lowest BCUT2D eigenvalue weighted by Crippen LogP contribution is -2.37. The van der Waals surface area contributed by atoms with E-state index in [1.165, 1.54) is 17.0 Å². The average Bonchev–Trinajstić information content (AvgIpc) is 2.25. The zero-order valence-corrected chi connectivity index (χ0v) is 10.7. The Kier molecular flexibility index (Phi) is 5.15. The number of aromatic nitrogens is 2. The fourth-order valence-electron chi connectivity index (χ4n) is 1.53. The molecule has 1 amide bonds. The Morgan fingerprint density at radius 2 is 2.35 bits per heavy atom. The first-order valence-electron chi connectivity index (χ1n) is 5.55. The number of nitrogens with zero attached hydrogens (tertiary/aromatic N) is 2. The van der Waals surface area contributed by atoms with Crippen molar-refractivity contribution in [1.82, 2.24) is 14.9 Å². The molecule has 0 aliphatic carbocycles. The van der Waals surface area contributed by atoms with Gasteiger partial charge in [-0.3, -0.25) is 9.59 Å². The average molecular weight is 258 g/mol. The fraction of sp³-hybridized carbons (Fsp3) is 0.545. The number of rotatable bonds is 5. The molecule has 1 aromatic heterocycles. The van der Waals surface area contributed by atoms with E-state index in [1.807, 2.05) is 6.92 Å². The number of halogens is 1. The standard InChI is InChI=1S/C11H16ClN3O2/c1-3-4-8(2)14-9(16)7-15-6-5-13-10(12)11(15)17/h5-6,8H,3-4,7H2,1-2H3,(H,14,16). The predicted octanol–water partition coefficient (Wildman–Crippen LogP) is 1.20. The van der Waals surface area contributed by atoms with Crippen LogP contribution in [0.5, 0.6) is 0 Å². The van der Waals surface area contributed by atoms with Crippen molar-refractivity contribution in [3.8, 4) is 0 Å². The van der Waals surface area contributed by atoms with Crippen LogP contribution in [0.3, 0.4) is 0 Å². The topological polar surface area (TPSA) is 64.0 Å².